The van der Waals surface area contributed by atoms with E-state index in [9.17, 15) is 14.4 Å². The van der Waals surface area contributed by atoms with Crippen molar-refractivity contribution in [2.45, 2.75) is 20.3 Å². The van der Waals surface area contributed by atoms with E-state index in [0.717, 1.165) is 0 Å². The van der Waals surface area contributed by atoms with Gasteiger partial charge < -0.3 is 18.3 Å². The first-order valence-corrected chi connectivity index (χ1v) is 9.48. The minimum Gasteiger partial charge on any atom is -0.490 e. The molecule has 0 radical (unpaired) electrons. The van der Waals surface area contributed by atoms with Gasteiger partial charge in [-0.15, -0.1) is 0 Å². The third kappa shape index (κ3) is 3.57. The molecule has 2 aromatic carbocycles. The number of ether oxygens (including phenoxy) is 2. The molecule has 0 N–H and O–H groups in total. The largest absolute Gasteiger partial charge is 0.490 e. The van der Waals surface area contributed by atoms with Crippen molar-refractivity contribution in [3.8, 4) is 22.6 Å². The number of fused-ring (bicyclic) bond motifs is 2. The lowest BCUT2D eigenvalue weighted by Gasteiger charge is -2.09. The van der Waals surface area contributed by atoms with Crippen LogP contribution in [0.2, 0.25) is 0 Å². The summed E-state index contributed by atoms with van der Waals surface area (Å²) in [6.45, 7) is 3.95. The van der Waals surface area contributed by atoms with E-state index in [0.29, 0.717) is 34.3 Å². The molecule has 4 rings (SSSR count). The van der Waals surface area contributed by atoms with E-state index < -0.39 is 17.2 Å². The second kappa shape index (κ2) is 7.87. The first-order chi connectivity index (χ1) is 14.5. The van der Waals surface area contributed by atoms with Gasteiger partial charge in [0.1, 0.15) is 11.3 Å². The van der Waals surface area contributed by atoms with Crippen molar-refractivity contribution < 1.29 is 23.1 Å². The summed E-state index contributed by atoms with van der Waals surface area (Å²) in [5, 5.41) is 1.17. The van der Waals surface area contributed by atoms with E-state index in [1.54, 1.807) is 43.3 Å². The quantitative estimate of drug-likeness (QED) is 0.277. The molecule has 0 saturated carbocycles. The van der Waals surface area contributed by atoms with E-state index in [1.807, 2.05) is 6.92 Å². The van der Waals surface area contributed by atoms with Crippen LogP contribution in [0.5, 0.6) is 11.5 Å². The smallest absolute Gasteiger partial charge is 0.344 e. The molecule has 30 heavy (non-hydrogen) atoms. The van der Waals surface area contributed by atoms with Crippen molar-refractivity contribution in [2.75, 3.05) is 6.61 Å². The predicted octanol–water partition coefficient (Wildman–Crippen LogP) is 4.28. The Morgan fingerprint density at radius 3 is 2.57 bits per heavy atom. The fourth-order valence-corrected chi connectivity index (χ4v) is 3.21. The first kappa shape index (κ1) is 19.4. The standard InChI is InChI=1S/C23H18O7/c1-3-20(24)28-14-8-9-15-16(12-21(25)29-19(15)11-14)17-10-13-6-5-7-18(27-4-2)22(13)30-23(17)26/h5-12H,3-4H2,1-2H3. The number of benzene rings is 2. The molecule has 152 valence electrons. The summed E-state index contributed by atoms with van der Waals surface area (Å²) in [5.74, 6) is 0.313. The summed E-state index contributed by atoms with van der Waals surface area (Å²) in [5.41, 5.74) is -0.128. The Kier molecular flexibility index (Phi) is 5.10. The van der Waals surface area contributed by atoms with Crippen LogP contribution in [0.4, 0.5) is 0 Å². The van der Waals surface area contributed by atoms with Gasteiger partial charge in [0, 0.05) is 34.9 Å². The lowest BCUT2D eigenvalue weighted by Crippen LogP contribution is -2.08. The molecule has 4 aromatic rings. The zero-order valence-corrected chi connectivity index (χ0v) is 16.4. The fraction of sp³-hybridized carbons (Fsp3) is 0.174. The minimum absolute atomic E-state index is 0.196. The Morgan fingerprint density at radius 1 is 0.967 bits per heavy atom. The van der Waals surface area contributed by atoms with Crippen molar-refractivity contribution in [3.63, 3.8) is 0 Å². The van der Waals surface area contributed by atoms with Gasteiger partial charge >= 0.3 is 17.2 Å². The molecule has 0 aliphatic heterocycles. The molecule has 2 heterocycles. The van der Waals surface area contributed by atoms with Crippen LogP contribution >= 0.6 is 0 Å². The maximum absolute atomic E-state index is 12.8. The molecular weight excluding hydrogens is 388 g/mol. The molecule has 0 unspecified atom stereocenters. The van der Waals surface area contributed by atoms with Crippen LogP contribution in [0.15, 0.2) is 67.0 Å². The van der Waals surface area contributed by atoms with E-state index in [4.69, 9.17) is 18.3 Å². The van der Waals surface area contributed by atoms with Gasteiger partial charge in [0.05, 0.1) is 12.2 Å². The highest BCUT2D eigenvalue weighted by molar-refractivity contribution is 5.96. The molecule has 0 aliphatic rings. The van der Waals surface area contributed by atoms with Gasteiger partial charge in [-0.1, -0.05) is 19.1 Å². The van der Waals surface area contributed by atoms with Gasteiger partial charge in [0.15, 0.2) is 11.3 Å². The zero-order valence-electron chi connectivity index (χ0n) is 16.4. The van der Waals surface area contributed by atoms with E-state index in [1.165, 1.54) is 12.1 Å². The highest BCUT2D eigenvalue weighted by Gasteiger charge is 2.16. The number of hydrogen-bond donors (Lipinski definition) is 0. The van der Waals surface area contributed by atoms with Crippen LogP contribution < -0.4 is 20.7 Å². The molecule has 7 nitrogen and oxygen atoms in total. The van der Waals surface area contributed by atoms with Crippen molar-refractivity contribution in [2.24, 2.45) is 0 Å². The van der Waals surface area contributed by atoms with Crippen molar-refractivity contribution >= 4 is 27.9 Å². The van der Waals surface area contributed by atoms with Crippen LogP contribution in [-0.4, -0.2) is 12.6 Å². The van der Waals surface area contributed by atoms with Crippen LogP contribution in [-0.2, 0) is 4.79 Å². The maximum Gasteiger partial charge on any atom is 0.344 e. The number of esters is 1. The first-order valence-electron chi connectivity index (χ1n) is 9.48. The second-order valence-corrected chi connectivity index (χ2v) is 6.52. The Labute approximate surface area is 170 Å². The highest BCUT2D eigenvalue weighted by Crippen LogP contribution is 2.31. The van der Waals surface area contributed by atoms with Crippen LogP contribution in [0.25, 0.3) is 33.1 Å². The lowest BCUT2D eigenvalue weighted by molar-refractivity contribution is -0.134. The van der Waals surface area contributed by atoms with Gasteiger partial charge in [-0.05, 0) is 31.2 Å². The van der Waals surface area contributed by atoms with Crippen LogP contribution in [0.3, 0.4) is 0 Å². The van der Waals surface area contributed by atoms with E-state index in [2.05, 4.69) is 0 Å². The summed E-state index contributed by atoms with van der Waals surface area (Å²) in [7, 11) is 0. The average Bonchev–Trinajstić information content (AvgIpc) is 2.73. The minimum atomic E-state index is -0.640. The Hall–Kier alpha value is -3.87. The number of carbonyl (C=O) groups is 1. The molecular formula is C23H18O7. The van der Waals surface area contributed by atoms with E-state index >= 15 is 0 Å². The predicted molar refractivity (Wildman–Crippen MR) is 111 cm³/mol. The molecule has 0 atom stereocenters. The number of carbonyl (C=O) groups excluding carboxylic acids is 1. The SMILES string of the molecule is CCOc1cccc2cc(-c3cc(=O)oc4cc(OC(=O)CC)ccc34)c(=O)oc12. The summed E-state index contributed by atoms with van der Waals surface area (Å²) >= 11 is 0. The molecule has 0 aliphatic carbocycles. The summed E-state index contributed by atoms with van der Waals surface area (Å²) in [4.78, 5) is 36.5. The molecule has 0 bridgehead atoms. The van der Waals surface area contributed by atoms with Gasteiger partial charge in [0.2, 0.25) is 0 Å². The highest BCUT2D eigenvalue weighted by atomic mass is 16.5. The van der Waals surface area contributed by atoms with Gasteiger partial charge in [0.25, 0.3) is 0 Å². The normalized spacial score (nSPS) is 11.0. The third-order valence-corrected chi connectivity index (χ3v) is 4.55. The Morgan fingerprint density at radius 2 is 1.80 bits per heavy atom. The number of para-hydroxylation sites is 1. The van der Waals surface area contributed by atoms with Crippen LogP contribution in [0, 0.1) is 0 Å². The number of hydrogen-bond acceptors (Lipinski definition) is 7. The maximum atomic E-state index is 12.8. The average molecular weight is 406 g/mol. The summed E-state index contributed by atoms with van der Waals surface area (Å²) in [6, 6.07) is 12.9. The summed E-state index contributed by atoms with van der Waals surface area (Å²) in [6.07, 6.45) is 0.212. The van der Waals surface area contributed by atoms with Crippen molar-refractivity contribution in [1.82, 2.24) is 0 Å². The van der Waals surface area contributed by atoms with Gasteiger partial charge in [-0.25, -0.2) is 9.59 Å². The fourth-order valence-electron chi connectivity index (χ4n) is 3.21. The molecule has 0 fully saturated rings. The second-order valence-electron chi connectivity index (χ2n) is 6.52. The third-order valence-electron chi connectivity index (χ3n) is 4.55. The molecule has 0 amide bonds. The Bertz CT molecular complexity index is 1380. The molecule has 7 heteroatoms. The van der Waals surface area contributed by atoms with Crippen molar-refractivity contribution in [3.05, 3.63) is 69.4 Å². The summed E-state index contributed by atoms with van der Waals surface area (Å²) < 4.78 is 21.5. The molecule has 2 aromatic heterocycles. The molecule has 0 saturated heterocycles. The topological polar surface area (TPSA) is 96.0 Å². The lowest BCUT2D eigenvalue weighted by atomic mass is 10.0. The van der Waals surface area contributed by atoms with Crippen LogP contribution in [0.1, 0.15) is 20.3 Å². The van der Waals surface area contributed by atoms with E-state index in [-0.39, 0.29) is 23.3 Å². The number of rotatable bonds is 5. The Balaban J connectivity index is 1.91. The van der Waals surface area contributed by atoms with Crippen molar-refractivity contribution in [1.29, 1.82) is 0 Å². The van der Waals surface area contributed by atoms with Gasteiger partial charge in [-0.3, -0.25) is 4.79 Å². The monoisotopic (exact) mass is 406 g/mol. The van der Waals surface area contributed by atoms with Gasteiger partial charge in [-0.2, -0.15) is 0 Å². The molecule has 0 spiro atoms. The zero-order chi connectivity index (χ0) is 21.3.